The van der Waals surface area contributed by atoms with Crippen LogP contribution in [0.4, 0.5) is 11.4 Å². The van der Waals surface area contributed by atoms with Crippen molar-refractivity contribution in [2.75, 3.05) is 30.8 Å². The van der Waals surface area contributed by atoms with Gasteiger partial charge in [-0.25, -0.2) is 0 Å². The quantitative estimate of drug-likeness (QED) is 0.803. The molecular weight excluding hydrogens is 238 g/mol. The van der Waals surface area contributed by atoms with Crippen LogP contribution in [0.25, 0.3) is 0 Å². The van der Waals surface area contributed by atoms with E-state index >= 15 is 0 Å². The summed E-state index contributed by atoms with van der Waals surface area (Å²) in [6, 6.07) is 5.52. The highest BCUT2D eigenvalue weighted by molar-refractivity contribution is 6.00. The van der Waals surface area contributed by atoms with Gasteiger partial charge in [0, 0.05) is 25.8 Å². The van der Waals surface area contributed by atoms with Gasteiger partial charge >= 0.3 is 0 Å². The fourth-order valence-electron chi connectivity index (χ4n) is 2.64. The second kappa shape index (κ2) is 5.95. The topological polar surface area (TPSA) is 58.4 Å². The minimum Gasteiger partial charge on any atom is -0.399 e. The minimum atomic E-state index is -0.0488. The van der Waals surface area contributed by atoms with Gasteiger partial charge < -0.3 is 16.0 Å². The molecule has 0 saturated carbocycles. The van der Waals surface area contributed by atoms with Gasteiger partial charge in [-0.15, -0.1) is 0 Å². The van der Waals surface area contributed by atoms with Crippen LogP contribution in [0.5, 0.6) is 0 Å². The largest absolute Gasteiger partial charge is 0.399 e. The highest BCUT2D eigenvalue weighted by atomic mass is 16.1. The lowest BCUT2D eigenvalue weighted by molar-refractivity contribution is 0.0963. The van der Waals surface area contributed by atoms with Crippen molar-refractivity contribution in [3.63, 3.8) is 0 Å². The van der Waals surface area contributed by atoms with Gasteiger partial charge in [-0.05, 0) is 43.4 Å². The molecule has 0 bridgehead atoms. The number of nitrogens with two attached hydrogens (primary N) is 1. The van der Waals surface area contributed by atoms with Gasteiger partial charge in [0.2, 0.25) is 0 Å². The zero-order valence-electron chi connectivity index (χ0n) is 11.8. The van der Waals surface area contributed by atoms with Crippen LogP contribution in [-0.2, 0) is 0 Å². The summed E-state index contributed by atoms with van der Waals surface area (Å²) < 4.78 is 0. The first-order chi connectivity index (χ1) is 9.11. The summed E-state index contributed by atoms with van der Waals surface area (Å²) in [5.41, 5.74) is 8.27. The maximum absolute atomic E-state index is 12.0. The molecule has 0 aliphatic carbocycles. The second-order valence-electron chi connectivity index (χ2n) is 5.38. The predicted octanol–water partition coefficient (Wildman–Crippen LogP) is 2.25. The van der Waals surface area contributed by atoms with Gasteiger partial charge in [0.1, 0.15) is 0 Å². The fraction of sp³-hybridized carbons (Fsp3) is 0.533. The molecule has 19 heavy (non-hydrogen) atoms. The van der Waals surface area contributed by atoms with Crippen LogP contribution in [0.15, 0.2) is 18.2 Å². The predicted molar refractivity (Wildman–Crippen MR) is 79.5 cm³/mol. The molecule has 1 saturated heterocycles. The molecule has 1 aromatic rings. The van der Waals surface area contributed by atoms with Crippen molar-refractivity contribution < 1.29 is 4.79 Å². The summed E-state index contributed by atoms with van der Waals surface area (Å²) >= 11 is 0. The van der Waals surface area contributed by atoms with Crippen molar-refractivity contribution in [2.24, 2.45) is 5.92 Å². The van der Waals surface area contributed by atoms with Gasteiger partial charge in [-0.1, -0.05) is 6.92 Å². The molecule has 1 fully saturated rings. The van der Waals surface area contributed by atoms with E-state index in [-0.39, 0.29) is 5.91 Å². The zero-order valence-corrected chi connectivity index (χ0v) is 11.8. The first-order valence-corrected chi connectivity index (χ1v) is 6.98. The Hall–Kier alpha value is -1.71. The molecule has 2 rings (SSSR count). The van der Waals surface area contributed by atoms with Crippen LogP contribution in [0, 0.1) is 5.92 Å². The average molecular weight is 261 g/mol. The molecule has 1 aromatic carbocycles. The Morgan fingerprint density at radius 1 is 1.37 bits per heavy atom. The molecule has 1 aliphatic heterocycles. The average Bonchev–Trinajstić information content (AvgIpc) is 2.62. The van der Waals surface area contributed by atoms with Crippen LogP contribution >= 0.6 is 0 Å². The molecule has 0 aromatic heterocycles. The number of nitrogens with zero attached hydrogens (tertiary/aromatic N) is 1. The molecule has 1 heterocycles. The molecule has 4 heteroatoms. The van der Waals surface area contributed by atoms with Crippen LogP contribution in [0.3, 0.4) is 0 Å². The summed E-state index contributed by atoms with van der Waals surface area (Å²) in [6.45, 7) is 4.29. The number of hydrogen-bond donors (Lipinski definition) is 2. The summed E-state index contributed by atoms with van der Waals surface area (Å²) in [5, 5.41) is 2.70. The van der Waals surface area contributed by atoms with E-state index < -0.39 is 0 Å². The standard InChI is InChI=1S/C15H23N3O/c1-11-4-3-8-18(9-7-11)14-10-12(16)5-6-13(14)15(19)17-2/h5-6,10-11H,3-4,7-9,16H2,1-2H3,(H,17,19). The Balaban J connectivity index is 2.31. The highest BCUT2D eigenvalue weighted by Crippen LogP contribution is 2.27. The molecule has 1 atom stereocenters. The van der Waals surface area contributed by atoms with Gasteiger partial charge in [-0.2, -0.15) is 0 Å². The van der Waals surface area contributed by atoms with Crippen molar-refractivity contribution in [3.8, 4) is 0 Å². The molecule has 1 aliphatic rings. The molecule has 3 N–H and O–H groups in total. The van der Waals surface area contributed by atoms with Crippen LogP contribution in [0.2, 0.25) is 0 Å². The molecule has 4 nitrogen and oxygen atoms in total. The maximum atomic E-state index is 12.0. The lowest BCUT2D eigenvalue weighted by atomic mass is 10.0. The molecule has 0 spiro atoms. The van der Waals surface area contributed by atoms with E-state index in [1.807, 2.05) is 12.1 Å². The normalized spacial score (nSPS) is 19.9. The van der Waals surface area contributed by atoms with Crippen LogP contribution in [-0.4, -0.2) is 26.0 Å². The van der Waals surface area contributed by atoms with Crippen LogP contribution < -0.4 is 16.0 Å². The van der Waals surface area contributed by atoms with E-state index in [2.05, 4.69) is 17.1 Å². The monoisotopic (exact) mass is 261 g/mol. The summed E-state index contributed by atoms with van der Waals surface area (Å²) in [7, 11) is 1.66. The Kier molecular flexibility index (Phi) is 4.30. The summed E-state index contributed by atoms with van der Waals surface area (Å²) in [4.78, 5) is 14.3. The van der Waals surface area contributed by atoms with Gasteiger partial charge in [0.15, 0.2) is 0 Å². The fourth-order valence-corrected chi connectivity index (χ4v) is 2.64. The number of nitrogen functional groups attached to an aromatic ring is 1. The maximum Gasteiger partial charge on any atom is 0.253 e. The molecular formula is C15H23N3O. The third-order valence-electron chi connectivity index (χ3n) is 3.85. The van der Waals surface area contributed by atoms with Gasteiger partial charge in [-0.3, -0.25) is 4.79 Å². The Labute approximate surface area is 115 Å². The van der Waals surface area contributed by atoms with E-state index in [1.54, 1.807) is 13.1 Å². The Morgan fingerprint density at radius 2 is 2.16 bits per heavy atom. The van der Waals surface area contributed by atoms with E-state index in [0.717, 1.165) is 24.7 Å². The van der Waals surface area contributed by atoms with Crippen molar-refractivity contribution >= 4 is 17.3 Å². The summed E-state index contributed by atoms with van der Waals surface area (Å²) in [6.07, 6.45) is 3.60. The minimum absolute atomic E-state index is 0.0488. The van der Waals surface area contributed by atoms with Gasteiger partial charge in [0.05, 0.1) is 11.3 Å². The highest BCUT2D eigenvalue weighted by Gasteiger charge is 2.19. The lowest BCUT2D eigenvalue weighted by Crippen LogP contribution is -2.28. The molecule has 104 valence electrons. The Bertz CT molecular complexity index is 459. The third kappa shape index (κ3) is 3.19. The first-order valence-electron chi connectivity index (χ1n) is 6.98. The number of amides is 1. The Morgan fingerprint density at radius 3 is 2.89 bits per heavy atom. The van der Waals surface area contributed by atoms with Crippen LogP contribution in [0.1, 0.15) is 36.5 Å². The van der Waals surface area contributed by atoms with E-state index in [4.69, 9.17) is 5.73 Å². The van der Waals surface area contributed by atoms with Crippen molar-refractivity contribution in [1.29, 1.82) is 0 Å². The van der Waals surface area contributed by atoms with E-state index in [9.17, 15) is 4.79 Å². The molecule has 0 radical (unpaired) electrons. The second-order valence-corrected chi connectivity index (χ2v) is 5.38. The van der Waals surface area contributed by atoms with Crippen molar-refractivity contribution in [3.05, 3.63) is 23.8 Å². The number of rotatable bonds is 2. The number of carbonyl (C=O) groups is 1. The summed E-state index contributed by atoms with van der Waals surface area (Å²) in [5.74, 6) is 0.710. The van der Waals surface area contributed by atoms with Crippen molar-refractivity contribution in [2.45, 2.75) is 26.2 Å². The first kappa shape index (κ1) is 13.7. The van der Waals surface area contributed by atoms with Crippen molar-refractivity contribution in [1.82, 2.24) is 5.32 Å². The molecule has 1 amide bonds. The number of hydrogen-bond acceptors (Lipinski definition) is 3. The van der Waals surface area contributed by atoms with E-state index in [1.165, 1.54) is 19.3 Å². The number of benzene rings is 1. The zero-order chi connectivity index (χ0) is 13.8. The number of nitrogens with one attached hydrogen (secondary N) is 1. The number of carbonyl (C=O) groups excluding carboxylic acids is 1. The van der Waals surface area contributed by atoms with E-state index in [0.29, 0.717) is 11.3 Å². The smallest absolute Gasteiger partial charge is 0.253 e. The SMILES string of the molecule is CNC(=O)c1ccc(N)cc1N1CCCC(C)CC1. The number of anilines is 2. The third-order valence-corrected chi connectivity index (χ3v) is 3.85. The lowest BCUT2D eigenvalue weighted by Gasteiger charge is -2.25. The molecule has 1 unspecified atom stereocenters. The van der Waals surface area contributed by atoms with Gasteiger partial charge in [0.25, 0.3) is 5.91 Å².